The zero-order valence-corrected chi connectivity index (χ0v) is 13.0. The highest BCUT2D eigenvalue weighted by Crippen LogP contribution is 2.21. The highest BCUT2D eigenvalue weighted by atomic mass is 32.2. The summed E-state index contributed by atoms with van der Waals surface area (Å²) >= 11 is 0. The molecular formula is C15H17N3O3S. The Morgan fingerprint density at radius 1 is 1.27 bits per heavy atom. The second kappa shape index (κ2) is 5.57. The molecule has 6 nitrogen and oxygen atoms in total. The maximum atomic E-state index is 12.7. The van der Waals surface area contributed by atoms with Gasteiger partial charge in [-0.05, 0) is 24.6 Å². The molecule has 0 bridgehead atoms. The molecule has 1 unspecified atom stereocenters. The Morgan fingerprint density at radius 3 is 2.68 bits per heavy atom. The number of nitrogens with zero attached hydrogens (tertiary/aromatic N) is 3. The molecule has 1 amide bonds. The molecule has 1 saturated heterocycles. The van der Waals surface area contributed by atoms with Crippen LogP contribution in [0.25, 0.3) is 5.69 Å². The third kappa shape index (κ3) is 2.76. The van der Waals surface area contributed by atoms with E-state index in [0.717, 1.165) is 0 Å². The lowest BCUT2D eigenvalue weighted by Crippen LogP contribution is -2.32. The van der Waals surface area contributed by atoms with E-state index in [0.29, 0.717) is 24.2 Å². The standard InChI is InChI=1S/C15H17N3O3S/c1-22(20,21)12-7-10-17(11-12)15(19)13-5-2-3-6-14(13)18-9-4-8-16-18/h2-6,8-9,12H,7,10-11H2,1H3. The molecule has 1 aliphatic rings. The highest BCUT2D eigenvalue weighted by molar-refractivity contribution is 7.91. The molecule has 116 valence electrons. The van der Waals surface area contributed by atoms with Gasteiger partial charge >= 0.3 is 0 Å². The van der Waals surface area contributed by atoms with Crippen LogP contribution in [0.2, 0.25) is 0 Å². The van der Waals surface area contributed by atoms with Crippen molar-refractivity contribution < 1.29 is 13.2 Å². The average Bonchev–Trinajstić information content (AvgIpc) is 3.17. The molecule has 1 aromatic heterocycles. The van der Waals surface area contributed by atoms with Gasteiger partial charge in [-0.3, -0.25) is 4.79 Å². The third-order valence-electron chi connectivity index (χ3n) is 3.92. The number of carbonyl (C=O) groups is 1. The molecule has 7 heteroatoms. The first-order valence-electron chi connectivity index (χ1n) is 7.04. The van der Waals surface area contributed by atoms with Crippen LogP contribution in [0.5, 0.6) is 0 Å². The lowest BCUT2D eigenvalue weighted by atomic mass is 10.1. The van der Waals surface area contributed by atoms with E-state index in [1.54, 1.807) is 40.2 Å². The van der Waals surface area contributed by atoms with Crippen molar-refractivity contribution >= 4 is 15.7 Å². The quantitative estimate of drug-likeness (QED) is 0.850. The van der Waals surface area contributed by atoms with Crippen molar-refractivity contribution in [2.24, 2.45) is 0 Å². The second-order valence-electron chi connectivity index (χ2n) is 5.46. The number of amides is 1. The topological polar surface area (TPSA) is 72.3 Å². The van der Waals surface area contributed by atoms with Crippen LogP contribution in [-0.2, 0) is 9.84 Å². The van der Waals surface area contributed by atoms with Crippen LogP contribution in [0.4, 0.5) is 0 Å². The lowest BCUT2D eigenvalue weighted by Gasteiger charge is -2.18. The highest BCUT2D eigenvalue weighted by Gasteiger charge is 2.33. The van der Waals surface area contributed by atoms with Gasteiger partial charge < -0.3 is 4.90 Å². The molecule has 0 saturated carbocycles. The van der Waals surface area contributed by atoms with Crippen LogP contribution < -0.4 is 0 Å². The van der Waals surface area contributed by atoms with Crippen LogP contribution in [0.3, 0.4) is 0 Å². The van der Waals surface area contributed by atoms with Crippen LogP contribution in [-0.4, -0.2) is 53.6 Å². The number of hydrogen-bond donors (Lipinski definition) is 0. The van der Waals surface area contributed by atoms with Gasteiger partial charge in [0, 0.05) is 31.7 Å². The number of para-hydroxylation sites is 1. The van der Waals surface area contributed by atoms with Gasteiger partial charge in [-0.25, -0.2) is 13.1 Å². The van der Waals surface area contributed by atoms with Gasteiger partial charge in [0.1, 0.15) is 0 Å². The van der Waals surface area contributed by atoms with E-state index >= 15 is 0 Å². The van der Waals surface area contributed by atoms with E-state index in [1.807, 2.05) is 12.1 Å². The number of carbonyl (C=O) groups excluding carboxylic acids is 1. The lowest BCUT2D eigenvalue weighted by molar-refractivity contribution is 0.0793. The van der Waals surface area contributed by atoms with Crippen LogP contribution in [0.15, 0.2) is 42.7 Å². The van der Waals surface area contributed by atoms with Crippen molar-refractivity contribution in [3.8, 4) is 5.69 Å². The first-order chi connectivity index (χ1) is 10.5. The molecule has 0 aliphatic carbocycles. The molecule has 22 heavy (non-hydrogen) atoms. The van der Waals surface area contributed by atoms with Crippen LogP contribution in [0.1, 0.15) is 16.8 Å². The summed E-state index contributed by atoms with van der Waals surface area (Å²) in [6.07, 6.45) is 5.14. The monoisotopic (exact) mass is 319 g/mol. The molecule has 1 fully saturated rings. The van der Waals surface area contributed by atoms with Gasteiger partial charge in [0.25, 0.3) is 5.91 Å². The molecule has 1 atom stereocenters. The van der Waals surface area contributed by atoms with Gasteiger partial charge in [-0.1, -0.05) is 12.1 Å². The normalized spacial score (nSPS) is 18.6. The van der Waals surface area contributed by atoms with Gasteiger partial charge in [-0.2, -0.15) is 5.10 Å². The van der Waals surface area contributed by atoms with Gasteiger partial charge in [0.15, 0.2) is 9.84 Å². The Morgan fingerprint density at radius 2 is 2.05 bits per heavy atom. The summed E-state index contributed by atoms with van der Waals surface area (Å²) in [7, 11) is -3.12. The zero-order valence-electron chi connectivity index (χ0n) is 12.2. The number of benzene rings is 1. The number of rotatable bonds is 3. The summed E-state index contributed by atoms with van der Waals surface area (Å²) in [5.41, 5.74) is 1.22. The van der Waals surface area contributed by atoms with Crippen molar-refractivity contribution in [3.63, 3.8) is 0 Å². The maximum absolute atomic E-state index is 12.7. The summed E-state index contributed by atoms with van der Waals surface area (Å²) in [6.45, 7) is 0.717. The maximum Gasteiger partial charge on any atom is 0.256 e. The average molecular weight is 319 g/mol. The van der Waals surface area contributed by atoms with Gasteiger partial charge in [-0.15, -0.1) is 0 Å². The molecule has 1 aliphatic heterocycles. The summed E-state index contributed by atoms with van der Waals surface area (Å²) in [6, 6.07) is 9.00. The summed E-state index contributed by atoms with van der Waals surface area (Å²) in [4.78, 5) is 14.3. The van der Waals surface area contributed by atoms with Crippen molar-refractivity contribution in [1.29, 1.82) is 0 Å². The molecule has 1 aromatic carbocycles. The summed E-state index contributed by atoms with van der Waals surface area (Å²) in [5.74, 6) is -0.155. The fourth-order valence-electron chi connectivity index (χ4n) is 2.70. The summed E-state index contributed by atoms with van der Waals surface area (Å²) < 4.78 is 24.9. The molecule has 0 N–H and O–H groups in total. The van der Waals surface area contributed by atoms with E-state index in [2.05, 4.69) is 5.10 Å². The fraction of sp³-hybridized carbons (Fsp3) is 0.333. The minimum atomic E-state index is -3.12. The number of likely N-dealkylation sites (tertiary alicyclic amines) is 1. The van der Waals surface area contributed by atoms with Crippen molar-refractivity contribution in [3.05, 3.63) is 48.3 Å². The van der Waals surface area contributed by atoms with Crippen LogP contribution in [0, 0.1) is 0 Å². The van der Waals surface area contributed by atoms with Crippen molar-refractivity contribution in [2.75, 3.05) is 19.3 Å². The van der Waals surface area contributed by atoms with E-state index in [1.165, 1.54) is 6.26 Å². The number of sulfone groups is 1. The Kier molecular flexibility index (Phi) is 3.74. The largest absolute Gasteiger partial charge is 0.337 e. The molecule has 0 radical (unpaired) electrons. The Hall–Kier alpha value is -2.15. The van der Waals surface area contributed by atoms with E-state index in [4.69, 9.17) is 0 Å². The van der Waals surface area contributed by atoms with Crippen molar-refractivity contribution in [1.82, 2.24) is 14.7 Å². The van der Waals surface area contributed by atoms with Crippen LogP contribution >= 0.6 is 0 Å². The second-order valence-corrected chi connectivity index (χ2v) is 7.78. The van der Waals surface area contributed by atoms with Crippen molar-refractivity contribution in [2.45, 2.75) is 11.7 Å². The fourth-order valence-corrected chi connectivity index (χ4v) is 3.68. The first-order valence-corrected chi connectivity index (χ1v) is 8.99. The van der Waals surface area contributed by atoms with E-state index < -0.39 is 15.1 Å². The summed E-state index contributed by atoms with van der Waals surface area (Å²) in [5, 5.41) is 3.70. The van der Waals surface area contributed by atoms with E-state index in [-0.39, 0.29) is 12.5 Å². The zero-order chi connectivity index (χ0) is 15.7. The predicted octanol–water partition coefficient (Wildman–Crippen LogP) is 1.13. The molecule has 0 spiro atoms. The first kappa shape index (κ1) is 14.8. The SMILES string of the molecule is CS(=O)(=O)C1CCN(C(=O)c2ccccc2-n2cccn2)C1. The van der Waals surface area contributed by atoms with Gasteiger partial charge in [0.05, 0.1) is 16.5 Å². The minimum absolute atomic E-state index is 0.155. The Balaban J connectivity index is 1.88. The minimum Gasteiger partial charge on any atom is -0.337 e. The third-order valence-corrected chi connectivity index (χ3v) is 5.52. The number of aromatic nitrogens is 2. The Labute approximate surface area is 129 Å². The predicted molar refractivity (Wildman–Crippen MR) is 82.7 cm³/mol. The molecule has 3 rings (SSSR count). The van der Waals surface area contributed by atoms with Gasteiger partial charge in [0.2, 0.25) is 0 Å². The smallest absolute Gasteiger partial charge is 0.256 e. The molecular weight excluding hydrogens is 302 g/mol. The number of hydrogen-bond acceptors (Lipinski definition) is 4. The van der Waals surface area contributed by atoms with E-state index in [9.17, 15) is 13.2 Å². The Bertz CT molecular complexity index is 784. The molecule has 2 aromatic rings. The molecule has 2 heterocycles.